The number of nitrogens with one attached hydrogen (secondary N) is 2. The highest BCUT2D eigenvalue weighted by molar-refractivity contribution is 5.83. The fourth-order valence-electron chi connectivity index (χ4n) is 2.37. The smallest absolute Gasteiger partial charge is 0.237 e. The van der Waals surface area contributed by atoms with E-state index in [2.05, 4.69) is 20.2 Å². The molecule has 2 N–H and O–H groups in total. The molecule has 2 aromatic rings. The highest BCUT2D eigenvalue weighted by atomic mass is 16.2. The number of aryl methyl sites for hydroxylation is 1. The number of rotatable bonds is 2. The molecule has 3 rings (SSSR count). The van der Waals surface area contributed by atoms with Gasteiger partial charge in [-0.15, -0.1) is 0 Å². The lowest BCUT2D eigenvalue weighted by molar-refractivity contribution is -0.124. The highest BCUT2D eigenvalue weighted by Crippen LogP contribution is 2.15. The molecule has 1 amide bonds. The van der Waals surface area contributed by atoms with E-state index in [1.807, 2.05) is 31.3 Å². The molecular weight excluding hydrogens is 228 g/mol. The van der Waals surface area contributed by atoms with Crippen molar-refractivity contribution < 1.29 is 4.79 Å². The molecule has 1 aliphatic rings. The monoisotopic (exact) mass is 244 g/mol. The minimum Gasteiger partial charge on any atom is -0.353 e. The SMILES string of the molecule is Cn1c(CC2NCCNC2=O)nc2ccccc21. The lowest BCUT2D eigenvalue weighted by Gasteiger charge is -2.23. The summed E-state index contributed by atoms with van der Waals surface area (Å²) in [6.45, 7) is 1.53. The Morgan fingerprint density at radius 1 is 1.39 bits per heavy atom. The molecule has 1 unspecified atom stereocenters. The Morgan fingerprint density at radius 3 is 3.00 bits per heavy atom. The predicted octanol–water partition coefficient (Wildman–Crippen LogP) is 0.204. The van der Waals surface area contributed by atoms with Gasteiger partial charge in [-0.05, 0) is 12.1 Å². The second-order valence-corrected chi connectivity index (χ2v) is 4.58. The molecule has 1 aromatic carbocycles. The third-order valence-corrected chi connectivity index (χ3v) is 3.40. The van der Waals surface area contributed by atoms with Crippen LogP contribution in [0.4, 0.5) is 0 Å². The highest BCUT2D eigenvalue weighted by Gasteiger charge is 2.23. The number of carbonyl (C=O) groups is 1. The van der Waals surface area contributed by atoms with Crippen molar-refractivity contribution in [2.24, 2.45) is 7.05 Å². The van der Waals surface area contributed by atoms with Crippen molar-refractivity contribution in [2.45, 2.75) is 12.5 Å². The largest absolute Gasteiger partial charge is 0.353 e. The third-order valence-electron chi connectivity index (χ3n) is 3.40. The molecule has 0 spiro atoms. The van der Waals surface area contributed by atoms with E-state index in [-0.39, 0.29) is 11.9 Å². The van der Waals surface area contributed by atoms with Crippen molar-refractivity contribution in [1.29, 1.82) is 0 Å². The van der Waals surface area contributed by atoms with Gasteiger partial charge >= 0.3 is 0 Å². The van der Waals surface area contributed by atoms with E-state index in [0.717, 1.165) is 23.4 Å². The number of hydrogen-bond donors (Lipinski definition) is 2. The van der Waals surface area contributed by atoms with Crippen LogP contribution in [0, 0.1) is 0 Å². The van der Waals surface area contributed by atoms with Gasteiger partial charge in [-0.2, -0.15) is 0 Å². The Bertz CT molecular complexity index is 590. The molecule has 5 nitrogen and oxygen atoms in total. The molecule has 0 saturated carbocycles. The molecule has 0 aliphatic carbocycles. The zero-order valence-electron chi connectivity index (χ0n) is 10.3. The minimum atomic E-state index is -0.172. The molecule has 18 heavy (non-hydrogen) atoms. The number of aromatic nitrogens is 2. The van der Waals surface area contributed by atoms with Crippen molar-refractivity contribution in [1.82, 2.24) is 20.2 Å². The first-order chi connectivity index (χ1) is 8.75. The average Bonchev–Trinajstić information content (AvgIpc) is 2.70. The standard InChI is InChI=1S/C13H16N4O/c1-17-11-5-3-2-4-9(11)16-12(17)8-10-13(18)15-7-6-14-10/h2-5,10,14H,6-8H2,1H3,(H,15,18). The first-order valence-electron chi connectivity index (χ1n) is 6.17. The Hall–Kier alpha value is -1.88. The maximum absolute atomic E-state index is 11.7. The summed E-state index contributed by atoms with van der Waals surface area (Å²) in [5.41, 5.74) is 2.08. The van der Waals surface area contributed by atoms with Gasteiger partial charge in [-0.1, -0.05) is 12.1 Å². The summed E-state index contributed by atoms with van der Waals surface area (Å²) in [4.78, 5) is 16.3. The van der Waals surface area contributed by atoms with Crippen LogP contribution in [0.25, 0.3) is 11.0 Å². The van der Waals surface area contributed by atoms with E-state index < -0.39 is 0 Å². The second-order valence-electron chi connectivity index (χ2n) is 4.58. The van der Waals surface area contributed by atoms with Crippen LogP contribution in [0.2, 0.25) is 0 Å². The summed E-state index contributed by atoms with van der Waals surface area (Å²) in [6.07, 6.45) is 0.622. The van der Waals surface area contributed by atoms with Crippen LogP contribution in [0.1, 0.15) is 5.82 Å². The first-order valence-corrected chi connectivity index (χ1v) is 6.17. The average molecular weight is 244 g/mol. The van der Waals surface area contributed by atoms with Gasteiger partial charge in [0.05, 0.1) is 17.1 Å². The summed E-state index contributed by atoms with van der Waals surface area (Å²) in [5.74, 6) is 0.999. The van der Waals surface area contributed by atoms with Crippen LogP contribution >= 0.6 is 0 Å². The molecule has 0 radical (unpaired) electrons. The molecule has 0 bridgehead atoms. The van der Waals surface area contributed by atoms with Gasteiger partial charge in [0, 0.05) is 26.6 Å². The van der Waals surface area contributed by atoms with Gasteiger partial charge in [0.1, 0.15) is 5.82 Å². The van der Waals surface area contributed by atoms with Crippen molar-refractivity contribution in [2.75, 3.05) is 13.1 Å². The topological polar surface area (TPSA) is 59.0 Å². The number of benzene rings is 1. The number of imidazole rings is 1. The van der Waals surface area contributed by atoms with Gasteiger partial charge in [-0.3, -0.25) is 4.79 Å². The predicted molar refractivity (Wildman–Crippen MR) is 69.2 cm³/mol. The molecule has 1 aromatic heterocycles. The molecule has 2 heterocycles. The maximum Gasteiger partial charge on any atom is 0.237 e. The number of para-hydroxylation sites is 2. The Kier molecular flexibility index (Phi) is 2.76. The van der Waals surface area contributed by atoms with E-state index >= 15 is 0 Å². The summed E-state index contributed by atoms with van der Waals surface area (Å²) < 4.78 is 2.05. The fourth-order valence-corrected chi connectivity index (χ4v) is 2.37. The van der Waals surface area contributed by atoms with Gasteiger partial charge in [0.15, 0.2) is 0 Å². The van der Waals surface area contributed by atoms with E-state index in [1.54, 1.807) is 0 Å². The van der Waals surface area contributed by atoms with Crippen LogP contribution in [0.15, 0.2) is 24.3 Å². The Morgan fingerprint density at radius 2 is 2.22 bits per heavy atom. The molecule has 1 fully saturated rings. The number of hydrogen-bond acceptors (Lipinski definition) is 3. The number of amides is 1. The van der Waals surface area contributed by atoms with Gasteiger partial charge < -0.3 is 15.2 Å². The zero-order valence-corrected chi connectivity index (χ0v) is 10.3. The van der Waals surface area contributed by atoms with Crippen molar-refractivity contribution in [3.8, 4) is 0 Å². The molecule has 5 heteroatoms. The summed E-state index contributed by atoms with van der Waals surface area (Å²) in [6, 6.07) is 7.84. The molecule has 1 saturated heterocycles. The van der Waals surface area contributed by atoms with Crippen LogP contribution in [0.5, 0.6) is 0 Å². The second kappa shape index (κ2) is 4.42. The van der Waals surface area contributed by atoms with E-state index in [1.165, 1.54) is 0 Å². The minimum absolute atomic E-state index is 0.0632. The summed E-state index contributed by atoms with van der Waals surface area (Å²) in [5, 5.41) is 6.09. The van der Waals surface area contributed by atoms with Crippen LogP contribution in [-0.2, 0) is 18.3 Å². The maximum atomic E-state index is 11.7. The van der Waals surface area contributed by atoms with Crippen LogP contribution < -0.4 is 10.6 Å². The van der Waals surface area contributed by atoms with E-state index in [4.69, 9.17) is 0 Å². The number of carbonyl (C=O) groups excluding carboxylic acids is 1. The molecule has 1 atom stereocenters. The van der Waals surface area contributed by atoms with E-state index in [0.29, 0.717) is 13.0 Å². The Balaban J connectivity index is 1.90. The number of piperazine rings is 1. The molecule has 94 valence electrons. The van der Waals surface area contributed by atoms with E-state index in [9.17, 15) is 4.79 Å². The Labute approximate surface area is 105 Å². The first kappa shape index (κ1) is 11.2. The van der Waals surface area contributed by atoms with Crippen molar-refractivity contribution in [3.05, 3.63) is 30.1 Å². The lowest BCUT2D eigenvalue weighted by Crippen LogP contribution is -2.53. The van der Waals surface area contributed by atoms with Gasteiger partial charge in [0.2, 0.25) is 5.91 Å². The summed E-state index contributed by atoms with van der Waals surface area (Å²) in [7, 11) is 1.99. The number of fused-ring (bicyclic) bond motifs is 1. The molecular formula is C13H16N4O. The summed E-state index contributed by atoms with van der Waals surface area (Å²) >= 11 is 0. The van der Waals surface area contributed by atoms with Crippen molar-refractivity contribution in [3.63, 3.8) is 0 Å². The lowest BCUT2D eigenvalue weighted by atomic mass is 10.1. The quantitative estimate of drug-likeness (QED) is 0.793. The van der Waals surface area contributed by atoms with Crippen LogP contribution in [0.3, 0.4) is 0 Å². The van der Waals surface area contributed by atoms with Crippen LogP contribution in [-0.4, -0.2) is 34.6 Å². The van der Waals surface area contributed by atoms with Gasteiger partial charge in [0.25, 0.3) is 0 Å². The third kappa shape index (κ3) is 1.86. The number of nitrogens with zero attached hydrogens (tertiary/aromatic N) is 2. The molecule has 1 aliphatic heterocycles. The fraction of sp³-hybridized carbons (Fsp3) is 0.385. The van der Waals surface area contributed by atoms with Crippen molar-refractivity contribution >= 4 is 16.9 Å². The van der Waals surface area contributed by atoms with Gasteiger partial charge in [-0.25, -0.2) is 4.98 Å². The zero-order chi connectivity index (χ0) is 12.5. The normalized spacial score (nSPS) is 20.1.